The Morgan fingerprint density at radius 3 is 2.67 bits per heavy atom. The molecule has 2 heteroatoms. The van der Waals surface area contributed by atoms with Crippen molar-refractivity contribution in [1.82, 2.24) is 6.15 Å². The molecule has 0 atom stereocenters. The summed E-state index contributed by atoms with van der Waals surface area (Å²) >= 11 is 0. The highest BCUT2D eigenvalue weighted by molar-refractivity contribution is 6.23. The largest absolute Gasteiger partial charge is 0.344 e. The van der Waals surface area contributed by atoms with Gasteiger partial charge < -0.3 is 6.15 Å². The van der Waals surface area contributed by atoms with Crippen molar-refractivity contribution in [3.8, 4) is 0 Å². The molecule has 15 heavy (non-hydrogen) atoms. The van der Waals surface area contributed by atoms with Crippen molar-refractivity contribution >= 4 is 17.4 Å². The second kappa shape index (κ2) is 3.33. The summed E-state index contributed by atoms with van der Waals surface area (Å²) in [6.07, 6.45) is 7.39. The number of hydrogen-bond acceptors (Lipinski definition) is 2. The first-order valence-corrected chi connectivity index (χ1v) is 4.60. The van der Waals surface area contributed by atoms with Gasteiger partial charge in [-0.2, -0.15) is 0 Å². The second-order valence-corrected chi connectivity index (χ2v) is 3.45. The molecule has 0 saturated heterocycles. The van der Waals surface area contributed by atoms with E-state index in [0.29, 0.717) is 0 Å². The molecule has 2 aliphatic rings. The van der Waals surface area contributed by atoms with Crippen molar-refractivity contribution in [2.24, 2.45) is 0 Å². The van der Waals surface area contributed by atoms with Crippen LogP contribution in [0.3, 0.4) is 0 Å². The fraction of sp³-hybridized carbons (Fsp3) is 0. The lowest BCUT2D eigenvalue weighted by atomic mass is 9.96. The number of fused-ring (bicyclic) bond motifs is 3. The van der Waals surface area contributed by atoms with E-state index in [1.807, 2.05) is 36.4 Å². The van der Waals surface area contributed by atoms with Gasteiger partial charge in [0, 0.05) is 5.57 Å². The smallest absolute Gasteiger partial charge is 0.186 e. The number of rotatable bonds is 0. The van der Waals surface area contributed by atoms with Crippen LogP contribution in [0, 0.1) is 0 Å². The molecule has 3 rings (SSSR count). The van der Waals surface area contributed by atoms with E-state index in [2.05, 4.69) is 6.07 Å². The van der Waals surface area contributed by atoms with Crippen LogP contribution in [-0.2, 0) is 4.79 Å². The summed E-state index contributed by atoms with van der Waals surface area (Å²) in [5, 5.41) is 0. The zero-order valence-corrected chi connectivity index (χ0v) is 8.23. The Morgan fingerprint density at radius 2 is 1.80 bits per heavy atom. The molecule has 1 aromatic rings. The van der Waals surface area contributed by atoms with E-state index in [1.54, 1.807) is 6.08 Å². The van der Waals surface area contributed by atoms with Crippen LogP contribution >= 0.6 is 0 Å². The predicted octanol–water partition coefficient (Wildman–Crippen LogP) is 2.77. The van der Waals surface area contributed by atoms with Gasteiger partial charge in [0.1, 0.15) is 0 Å². The van der Waals surface area contributed by atoms with E-state index in [4.69, 9.17) is 0 Å². The van der Waals surface area contributed by atoms with Crippen molar-refractivity contribution in [2.45, 2.75) is 0 Å². The SMILES string of the molecule is N.O=C1C=CC=C2C1=Cc1ccccc12. The molecule has 0 unspecified atom stereocenters. The summed E-state index contributed by atoms with van der Waals surface area (Å²) in [6, 6.07) is 8.08. The minimum Gasteiger partial charge on any atom is -0.344 e. The van der Waals surface area contributed by atoms with Crippen LogP contribution in [-0.4, -0.2) is 5.78 Å². The minimum absolute atomic E-state index is 0. The molecule has 2 aliphatic carbocycles. The van der Waals surface area contributed by atoms with Crippen molar-refractivity contribution in [1.29, 1.82) is 0 Å². The van der Waals surface area contributed by atoms with Gasteiger partial charge in [-0.3, -0.25) is 4.79 Å². The third-order valence-corrected chi connectivity index (χ3v) is 2.62. The molecule has 2 nitrogen and oxygen atoms in total. The van der Waals surface area contributed by atoms with E-state index in [9.17, 15) is 4.79 Å². The number of ketones is 1. The molecule has 0 saturated carbocycles. The number of carbonyl (C=O) groups is 1. The Hall–Kier alpha value is -1.93. The summed E-state index contributed by atoms with van der Waals surface area (Å²) in [6.45, 7) is 0. The average Bonchev–Trinajstić information content (AvgIpc) is 2.59. The monoisotopic (exact) mass is 197 g/mol. The lowest BCUT2D eigenvalue weighted by Gasteiger charge is -2.06. The first kappa shape index (κ1) is 9.62. The third kappa shape index (κ3) is 1.27. The maximum atomic E-state index is 11.5. The summed E-state index contributed by atoms with van der Waals surface area (Å²) in [4.78, 5) is 11.5. The number of hydrogen-bond donors (Lipinski definition) is 1. The van der Waals surface area contributed by atoms with Crippen LogP contribution in [0.4, 0.5) is 0 Å². The van der Waals surface area contributed by atoms with E-state index in [0.717, 1.165) is 16.7 Å². The standard InChI is InChI=1S/C13H8O.H3N/c14-13-7-3-6-11-10-5-2-1-4-9(10)8-12(11)13;/h1-8H;1H3. The third-order valence-electron chi connectivity index (χ3n) is 2.62. The molecule has 0 aromatic heterocycles. The van der Waals surface area contributed by atoms with Crippen molar-refractivity contribution in [3.63, 3.8) is 0 Å². The molecule has 0 radical (unpaired) electrons. The lowest BCUT2D eigenvalue weighted by Crippen LogP contribution is -2.00. The van der Waals surface area contributed by atoms with Gasteiger partial charge in [-0.1, -0.05) is 36.4 Å². The molecule has 3 N–H and O–H groups in total. The molecule has 74 valence electrons. The van der Waals surface area contributed by atoms with Crippen LogP contribution in [0.15, 0.2) is 48.1 Å². The van der Waals surface area contributed by atoms with Gasteiger partial charge in [-0.15, -0.1) is 0 Å². The fourth-order valence-corrected chi connectivity index (χ4v) is 1.95. The van der Waals surface area contributed by atoms with Gasteiger partial charge >= 0.3 is 0 Å². The van der Waals surface area contributed by atoms with Crippen molar-refractivity contribution < 1.29 is 4.79 Å². The van der Waals surface area contributed by atoms with Gasteiger partial charge in [0.05, 0.1) is 0 Å². The minimum atomic E-state index is 0. The Morgan fingerprint density at radius 1 is 1.00 bits per heavy atom. The van der Waals surface area contributed by atoms with Crippen LogP contribution in [0.1, 0.15) is 11.1 Å². The predicted molar refractivity (Wildman–Crippen MR) is 61.6 cm³/mol. The molecule has 0 amide bonds. The van der Waals surface area contributed by atoms with E-state index in [1.165, 1.54) is 5.56 Å². The summed E-state index contributed by atoms with van der Waals surface area (Å²) in [5.41, 5.74) is 4.20. The van der Waals surface area contributed by atoms with Crippen LogP contribution in [0.2, 0.25) is 0 Å². The summed E-state index contributed by atoms with van der Waals surface area (Å²) in [5.74, 6) is 0.110. The topological polar surface area (TPSA) is 52.1 Å². The molecule has 0 aliphatic heterocycles. The number of carbonyl (C=O) groups excluding carboxylic acids is 1. The molecular formula is C13H11NO. The maximum Gasteiger partial charge on any atom is 0.186 e. The zero-order chi connectivity index (χ0) is 9.54. The highest BCUT2D eigenvalue weighted by Gasteiger charge is 2.23. The van der Waals surface area contributed by atoms with E-state index < -0.39 is 0 Å². The maximum absolute atomic E-state index is 11.5. The molecule has 1 aromatic carbocycles. The summed E-state index contributed by atoms with van der Waals surface area (Å²) in [7, 11) is 0. The van der Waals surface area contributed by atoms with Gasteiger partial charge in [0.25, 0.3) is 0 Å². The highest BCUT2D eigenvalue weighted by atomic mass is 16.1. The molecule has 0 heterocycles. The Bertz CT molecular complexity index is 521. The van der Waals surface area contributed by atoms with Crippen molar-refractivity contribution in [2.75, 3.05) is 0 Å². The van der Waals surface area contributed by atoms with Gasteiger partial charge in [-0.25, -0.2) is 0 Å². The van der Waals surface area contributed by atoms with E-state index >= 15 is 0 Å². The quantitative estimate of drug-likeness (QED) is 0.695. The van der Waals surface area contributed by atoms with Gasteiger partial charge in [0.15, 0.2) is 5.78 Å². The Kier molecular flexibility index (Phi) is 2.14. The second-order valence-electron chi connectivity index (χ2n) is 3.45. The average molecular weight is 197 g/mol. The summed E-state index contributed by atoms with van der Waals surface area (Å²) < 4.78 is 0. The number of benzene rings is 1. The first-order chi connectivity index (χ1) is 6.86. The molecule has 0 fully saturated rings. The highest BCUT2D eigenvalue weighted by Crippen LogP contribution is 2.37. The van der Waals surface area contributed by atoms with Gasteiger partial charge in [0.2, 0.25) is 0 Å². The van der Waals surface area contributed by atoms with Gasteiger partial charge in [-0.05, 0) is 28.9 Å². The fourth-order valence-electron chi connectivity index (χ4n) is 1.95. The molecule has 0 spiro atoms. The molecule has 0 bridgehead atoms. The normalized spacial score (nSPS) is 16.1. The van der Waals surface area contributed by atoms with Crippen LogP contribution in [0.5, 0.6) is 0 Å². The lowest BCUT2D eigenvalue weighted by molar-refractivity contribution is -0.110. The van der Waals surface area contributed by atoms with Crippen LogP contribution in [0.25, 0.3) is 11.6 Å². The Balaban J connectivity index is 0.000000853. The first-order valence-electron chi connectivity index (χ1n) is 4.60. The number of allylic oxidation sites excluding steroid dienone is 5. The van der Waals surface area contributed by atoms with Crippen LogP contribution < -0.4 is 6.15 Å². The molecular weight excluding hydrogens is 186 g/mol. The van der Waals surface area contributed by atoms with Crippen molar-refractivity contribution in [3.05, 3.63) is 59.2 Å². The Labute approximate surface area is 88.2 Å². The zero-order valence-electron chi connectivity index (χ0n) is 8.23. The van der Waals surface area contributed by atoms with E-state index in [-0.39, 0.29) is 11.9 Å².